The van der Waals surface area contributed by atoms with E-state index in [4.69, 9.17) is 61.6 Å². The van der Waals surface area contributed by atoms with Crippen molar-refractivity contribution in [3.8, 4) is 40.2 Å². The minimum Gasteiger partial charge on any atom is -0.497 e. The fourth-order valence-corrected chi connectivity index (χ4v) is 18.9. The molecule has 9 aromatic carbocycles. The molecule has 9 aliphatic rings. The van der Waals surface area contributed by atoms with Crippen LogP contribution in [0.4, 0.5) is 34.1 Å². The first-order valence-corrected chi connectivity index (χ1v) is 46.0. The SMILES string of the molecule is COCCCN1CCOc2ccc(CO[C@H]3CNCC[C@@H]3c3ccc(OC4CCN(c5ccccc5)CC4)cc3)cc21.COCCCN1CCOc2ccc(CO[C@H]3CNCC[C@@H]3c3ccc(OC4CN(c5ccccc5)C4)cc3)cc21.COCCCN1CCOc2ccc(CO[C@H]3CNCC[C@@H]3c3ccc(O[C@H]4CCN(c5cccc(OC)c5)C4)cc3)cc21. The van der Waals surface area contributed by atoms with E-state index in [2.05, 4.69) is 246 Å². The lowest BCUT2D eigenvalue weighted by Gasteiger charge is -2.40. The molecule has 0 unspecified atom stereocenters. The number of piperidine rings is 4. The molecule has 6 saturated heterocycles. The maximum Gasteiger partial charge on any atom is 0.142 e. The fourth-order valence-electron chi connectivity index (χ4n) is 18.9. The van der Waals surface area contributed by atoms with Gasteiger partial charge < -0.3 is 107 Å². The summed E-state index contributed by atoms with van der Waals surface area (Å²) in [5.74, 6) is 7.67. The van der Waals surface area contributed by atoms with Gasteiger partial charge in [0.15, 0.2) is 0 Å². The van der Waals surface area contributed by atoms with Gasteiger partial charge in [0.25, 0.3) is 0 Å². The highest BCUT2D eigenvalue weighted by Crippen LogP contribution is 2.41. The quantitative estimate of drug-likeness (QED) is 0.0324. The van der Waals surface area contributed by atoms with E-state index in [1.807, 2.05) is 12.1 Å². The van der Waals surface area contributed by atoms with E-state index < -0.39 is 0 Å². The van der Waals surface area contributed by atoms with Gasteiger partial charge in [0.05, 0.1) is 102 Å². The van der Waals surface area contributed by atoms with Crippen molar-refractivity contribution in [1.29, 1.82) is 0 Å². The van der Waals surface area contributed by atoms with E-state index in [1.165, 1.54) is 50.4 Å². The Morgan fingerprint density at radius 2 is 0.696 bits per heavy atom. The molecule has 0 amide bonds. The predicted octanol–water partition coefficient (Wildman–Crippen LogP) is 15.7. The van der Waals surface area contributed by atoms with E-state index in [1.54, 1.807) is 28.4 Å². The minimum atomic E-state index is 0.108. The Balaban J connectivity index is 0.000000138. The van der Waals surface area contributed by atoms with Crippen LogP contribution in [0.2, 0.25) is 0 Å². The number of para-hydroxylation sites is 2. The normalized spacial score (nSPS) is 21.3. The molecule has 3 N–H and O–H groups in total. The lowest BCUT2D eigenvalue weighted by molar-refractivity contribution is 0.0105. The number of nitrogens with one attached hydrogen (secondary N) is 3. The Bertz CT molecular complexity index is 4720. The highest BCUT2D eigenvalue weighted by atomic mass is 16.5. The number of nitrogens with zero attached hydrogens (tertiary/aromatic N) is 6. The summed E-state index contributed by atoms with van der Waals surface area (Å²) < 4.78 is 77.7. The molecule has 6 fully saturated rings. The van der Waals surface area contributed by atoms with Gasteiger partial charge in [0, 0.05) is 160 Å². The molecule has 0 spiro atoms. The molecule has 0 aromatic heterocycles. The van der Waals surface area contributed by atoms with Gasteiger partial charge in [0.2, 0.25) is 0 Å². The molecule has 9 aromatic rings. The summed E-state index contributed by atoms with van der Waals surface area (Å²) in [6, 6.07) is 75.1. The summed E-state index contributed by atoms with van der Waals surface area (Å²) in [5, 5.41) is 10.6. The van der Waals surface area contributed by atoms with Crippen molar-refractivity contribution in [3.63, 3.8) is 0 Å². The molecule has 0 aliphatic carbocycles. The number of ether oxygens (including phenoxy) is 13. The standard InChI is InChI=1S/C35H45N3O5.C35H45N3O4.C33H41N3O4/c1-39-19-4-16-37-18-20-41-34-12-7-26(21-33(34)37)25-42-35-23-36-15-13-32(35)27-8-10-29(11-9-27)43-31-14-17-38(24-31)28-5-3-6-30(22-28)40-2;1-39-22-5-18-38-21-23-40-34-13-8-27(24-33(34)38)26-41-35-25-36-17-14-32(35)28-9-11-30(12-10-28)42-31-15-19-37(20-16-31)29-6-3-2-4-7-29;1-37-18-5-16-35-17-19-38-32-13-8-25(20-31(32)35)24-39-33-21-34-15-14-30(33)26-9-11-28(12-10-26)40-29-22-36(23-29)27-6-3-2-4-7-27/h3,5-12,21-22,31-32,35-36H,4,13-20,23-25H2,1-2H3;2-4,6-13,24,31-32,35-36H,5,14-23,25-26H2,1H3;2-4,6-13,20,29-30,33-34H,5,14-19,21-24H2,1H3/t31-,32+,35-;32-,35+;30-,33+/m011/s1. The fraction of sp³-hybridized carbons (Fsp3) is 0.476. The van der Waals surface area contributed by atoms with E-state index in [-0.39, 0.29) is 36.6 Å². The molecular formula is C103H131N9O13. The second kappa shape index (κ2) is 45.4. The van der Waals surface area contributed by atoms with Crippen LogP contribution in [0.5, 0.6) is 40.2 Å². The highest BCUT2D eigenvalue weighted by Gasteiger charge is 2.35. The Hall–Kier alpha value is -9.98. The van der Waals surface area contributed by atoms with Gasteiger partial charge in [0.1, 0.15) is 78.4 Å². The molecule has 9 aliphatic heterocycles. The molecule has 22 heteroatoms. The van der Waals surface area contributed by atoms with Crippen LogP contribution < -0.4 is 78.5 Å². The summed E-state index contributed by atoms with van der Waals surface area (Å²) in [6.45, 7) is 23.2. The predicted molar refractivity (Wildman–Crippen MR) is 497 cm³/mol. The first-order valence-electron chi connectivity index (χ1n) is 46.0. The Kier molecular flexibility index (Phi) is 32.2. The van der Waals surface area contributed by atoms with Crippen LogP contribution in [0, 0.1) is 0 Å². The number of benzene rings is 9. The van der Waals surface area contributed by atoms with Gasteiger partial charge in [-0.2, -0.15) is 0 Å². The van der Waals surface area contributed by atoms with Gasteiger partial charge in [-0.05, 0) is 201 Å². The van der Waals surface area contributed by atoms with Crippen LogP contribution in [0.3, 0.4) is 0 Å². The maximum absolute atomic E-state index is 6.58. The zero-order chi connectivity index (χ0) is 85.1. The smallest absolute Gasteiger partial charge is 0.142 e. The van der Waals surface area contributed by atoms with E-state index in [0.717, 1.165) is 273 Å². The Morgan fingerprint density at radius 1 is 0.328 bits per heavy atom. The van der Waals surface area contributed by atoms with Gasteiger partial charge in [-0.3, -0.25) is 0 Å². The van der Waals surface area contributed by atoms with Crippen molar-refractivity contribution in [2.24, 2.45) is 0 Å². The largest absolute Gasteiger partial charge is 0.497 e. The van der Waals surface area contributed by atoms with Crippen molar-refractivity contribution in [2.75, 3.05) is 215 Å². The molecule has 0 radical (unpaired) electrons. The summed E-state index contributed by atoms with van der Waals surface area (Å²) in [7, 11) is 6.98. The molecule has 18 rings (SSSR count). The van der Waals surface area contributed by atoms with Crippen LogP contribution in [0.1, 0.15) is 109 Å². The topological polar surface area (TPSA) is 176 Å². The molecule has 666 valence electrons. The van der Waals surface area contributed by atoms with Gasteiger partial charge in [-0.1, -0.05) is 97.1 Å². The average Bonchev–Trinajstić information content (AvgIpc) is 1.70. The number of anilines is 6. The molecule has 22 nitrogen and oxygen atoms in total. The van der Waals surface area contributed by atoms with Gasteiger partial charge >= 0.3 is 0 Å². The lowest BCUT2D eigenvalue weighted by atomic mass is 9.87. The molecule has 0 saturated carbocycles. The lowest BCUT2D eigenvalue weighted by Crippen LogP contribution is -2.54. The van der Waals surface area contributed by atoms with Crippen LogP contribution in [-0.4, -0.2) is 223 Å². The number of rotatable bonds is 34. The average molecular weight is 1700 g/mol. The third kappa shape index (κ3) is 24.2. The first kappa shape index (κ1) is 88.5. The third-order valence-electron chi connectivity index (χ3n) is 25.9. The van der Waals surface area contributed by atoms with Crippen LogP contribution in [0.15, 0.2) is 212 Å². The summed E-state index contributed by atoms with van der Waals surface area (Å²) in [5.41, 5.74) is 14.7. The van der Waals surface area contributed by atoms with Crippen LogP contribution in [0.25, 0.3) is 0 Å². The van der Waals surface area contributed by atoms with Crippen molar-refractivity contribution in [1.82, 2.24) is 16.0 Å². The molecular weight excluding hydrogens is 1570 g/mol. The van der Waals surface area contributed by atoms with E-state index in [0.29, 0.717) is 37.6 Å². The van der Waals surface area contributed by atoms with Crippen LogP contribution >= 0.6 is 0 Å². The Morgan fingerprint density at radius 3 is 1.10 bits per heavy atom. The summed E-state index contributed by atoms with van der Waals surface area (Å²) >= 11 is 0. The molecule has 0 bridgehead atoms. The van der Waals surface area contributed by atoms with Crippen molar-refractivity contribution < 1.29 is 61.6 Å². The molecule has 9 heterocycles. The maximum atomic E-state index is 6.58. The van der Waals surface area contributed by atoms with Crippen molar-refractivity contribution >= 4 is 34.1 Å². The van der Waals surface area contributed by atoms with E-state index >= 15 is 0 Å². The van der Waals surface area contributed by atoms with Gasteiger partial charge in [-0.25, -0.2) is 0 Å². The first-order chi connectivity index (χ1) is 61.7. The monoisotopic (exact) mass is 1700 g/mol. The Labute approximate surface area is 740 Å². The number of methoxy groups -OCH3 is 4. The van der Waals surface area contributed by atoms with E-state index in [9.17, 15) is 0 Å². The number of hydrogen-bond donors (Lipinski definition) is 3. The summed E-state index contributed by atoms with van der Waals surface area (Å²) in [6.07, 6.45) is 10.3. The summed E-state index contributed by atoms with van der Waals surface area (Å²) in [4.78, 5) is 14.4. The zero-order valence-corrected chi connectivity index (χ0v) is 73.8. The highest BCUT2D eigenvalue weighted by molar-refractivity contribution is 5.64. The third-order valence-corrected chi connectivity index (χ3v) is 25.9. The molecule has 7 atom stereocenters. The van der Waals surface area contributed by atoms with Crippen molar-refractivity contribution in [2.45, 2.75) is 132 Å². The van der Waals surface area contributed by atoms with Crippen molar-refractivity contribution in [3.05, 3.63) is 246 Å². The number of fused-ring (bicyclic) bond motifs is 3. The van der Waals surface area contributed by atoms with Crippen LogP contribution in [-0.2, 0) is 48.2 Å². The second-order valence-electron chi connectivity index (χ2n) is 34.3. The zero-order valence-electron chi connectivity index (χ0n) is 73.8. The second-order valence-corrected chi connectivity index (χ2v) is 34.3. The molecule has 125 heavy (non-hydrogen) atoms. The minimum absolute atomic E-state index is 0.108. The van der Waals surface area contributed by atoms with Gasteiger partial charge in [-0.15, -0.1) is 0 Å². The number of hydrogen-bond acceptors (Lipinski definition) is 22.